The summed E-state index contributed by atoms with van der Waals surface area (Å²) in [6, 6.07) is 13.8. The van der Waals surface area contributed by atoms with E-state index >= 15 is 0 Å². The number of benzene rings is 2. The van der Waals surface area contributed by atoms with Crippen molar-refractivity contribution in [2.45, 2.75) is 12.8 Å². The molecule has 0 aromatic heterocycles. The van der Waals surface area contributed by atoms with E-state index in [9.17, 15) is 14.0 Å². The Bertz CT molecular complexity index is 855. The van der Waals surface area contributed by atoms with Crippen LogP contribution in [-0.4, -0.2) is 50.1 Å². The first kappa shape index (κ1) is 20.0. The summed E-state index contributed by atoms with van der Waals surface area (Å²) in [4.78, 5) is 27.3. The van der Waals surface area contributed by atoms with Crippen molar-refractivity contribution in [3.05, 3.63) is 71.0 Å². The lowest BCUT2D eigenvalue weighted by molar-refractivity contribution is -0.125. The Balaban J connectivity index is 1.86. The van der Waals surface area contributed by atoms with Crippen LogP contribution in [0.15, 0.2) is 48.5 Å². The molecule has 1 fully saturated rings. The highest BCUT2D eigenvalue weighted by Crippen LogP contribution is 2.35. The van der Waals surface area contributed by atoms with E-state index in [1.165, 1.54) is 12.1 Å². The average Bonchev–Trinajstić information content (AvgIpc) is 3.13. The molecule has 1 saturated heterocycles. The van der Waals surface area contributed by atoms with E-state index in [0.29, 0.717) is 19.7 Å². The summed E-state index contributed by atoms with van der Waals surface area (Å²) in [5.41, 5.74) is 2.15. The normalized spacial score (nSPS) is 18.9. The predicted molar refractivity (Wildman–Crippen MR) is 105 cm³/mol. The van der Waals surface area contributed by atoms with Crippen molar-refractivity contribution < 1.29 is 18.7 Å². The summed E-state index contributed by atoms with van der Waals surface area (Å²) >= 11 is 0. The molecule has 2 aromatic carbocycles. The molecule has 0 aliphatic carbocycles. The molecule has 0 bridgehead atoms. The third kappa shape index (κ3) is 4.22. The van der Waals surface area contributed by atoms with Crippen LogP contribution >= 0.6 is 0 Å². The SMILES string of the molecule is COCCNC(=O)C1CN(C(=O)c2ccccc2F)CC1c1ccccc1C. The molecule has 0 radical (unpaired) electrons. The Kier molecular flexibility index (Phi) is 6.41. The quantitative estimate of drug-likeness (QED) is 0.779. The van der Waals surface area contributed by atoms with Crippen molar-refractivity contribution in [2.24, 2.45) is 5.92 Å². The minimum atomic E-state index is -0.548. The van der Waals surface area contributed by atoms with E-state index in [0.717, 1.165) is 11.1 Å². The Morgan fingerprint density at radius 3 is 2.57 bits per heavy atom. The zero-order valence-electron chi connectivity index (χ0n) is 16.2. The van der Waals surface area contributed by atoms with Crippen molar-refractivity contribution >= 4 is 11.8 Å². The molecule has 2 amide bonds. The number of ether oxygens (including phenoxy) is 1. The van der Waals surface area contributed by atoms with Gasteiger partial charge in [-0.25, -0.2) is 4.39 Å². The second kappa shape index (κ2) is 8.97. The lowest BCUT2D eigenvalue weighted by Crippen LogP contribution is -2.37. The van der Waals surface area contributed by atoms with Crippen LogP contribution in [0.5, 0.6) is 0 Å². The number of nitrogens with one attached hydrogen (secondary N) is 1. The van der Waals surface area contributed by atoms with E-state index in [-0.39, 0.29) is 29.8 Å². The number of hydrogen-bond acceptors (Lipinski definition) is 3. The molecule has 0 saturated carbocycles. The standard InChI is InChI=1S/C22H25FN2O3/c1-15-7-3-4-8-16(15)18-13-25(14-19(18)21(26)24-11-12-28-2)22(27)17-9-5-6-10-20(17)23/h3-10,18-19H,11-14H2,1-2H3,(H,24,26). The van der Waals surface area contributed by atoms with Gasteiger partial charge in [-0.15, -0.1) is 0 Å². The zero-order chi connectivity index (χ0) is 20.1. The first-order valence-corrected chi connectivity index (χ1v) is 9.39. The number of hydrogen-bond donors (Lipinski definition) is 1. The largest absolute Gasteiger partial charge is 0.383 e. The fourth-order valence-corrected chi connectivity index (χ4v) is 3.77. The molecular weight excluding hydrogens is 359 g/mol. The van der Waals surface area contributed by atoms with Crippen LogP contribution in [0.1, 0.15) is 27.4 Å². The Hall–Kier alpha value is -2.73. The highest BCUT2D eigenvalue weighted by molar-refractivity contribution is 5.95. The molecule has 1 aliphatic heterocycles. The molecule has 2 aromatic rings. The summed E-state index contributed by atoms with van der Waals surface area (Å²) < 4.78 is 19.1. The lowest BCUT2D eigenvalue weighted by atomic mass is 9.86. The Labute approximate surface area is 164 Å². The molecule has 148 valence electrons. The molecule has 2 atom stereocenters. The topological polar surface area (TPSA) is 58.6 Å². The number of likely N-dealkylation sites (tertiary alicyclic amines) is 1. The smallest absolute Gasteiger partial charge is 0.256 e. The first-order valence-electron chi connectivity index (χ1n) is 9.39. The van der Waals surface area contributed by atoms with E-state index in [4.69, 9.17) is 4.74 Å². The van der Waals surface area contributed by atoms with Crippen LogP contribution in [0.3, 0.4) is 0 Å². The van der Waals surface area contributed by atoms with Crippen LogP contribution in [-0.2, 0) is 9.53 Å². The second-order valence-corrected chi connectivity index (χ2v) is 7.04. The molecular formula is C22H25FN2O3. The number of carbonyl (C=O) groups excluding carboxylic acids is 2. The van der Waals surface area contributed by atoms with Gasteiger partial charge in [0.2, 0.25) is 5.91 Å². The number of halogens is 1. The van der Waals surface area contributed by atoms with Gasteiger partial charge in [-0.05, 0) is 30.2 Å². The van der Waals surface area contributed by atoms with Gasteiger partial charge in [0.15, 0.2) is 0 Å². The highest BCUT2D eigenvalue weighted by Gasteiger charge is 2.41. The summed E-state index contributed by atoms with van der Waals surface area (Å²) in [5.74, 6) is -1.58. The maximum atomic E-state index is 14.1. The van der Waals surface area contributed by atoms with Crippen molar-refractivity contribution in [1.29, 1.82) is 0 Å². The Morgan fingerprint density at radius 1 is 1.14 bits per heavy atom. The molecule has 1 heterocycles. The maximum Gasteiger partial charge on any atom is 0.256 e. The molecule has 5 nitrogen and oxygen atoms in total. The molecule has 1 N–H and O–H groups in total. The number of carbonyl (C=O) groups is 2. The summed E-state index contributed by atoms with van der Waals surface area (Å²) in [7, 11) is 1.58. The van der Waals surface area contributed by atoms with Gasteiger partial charge in [0.25, 0.3) is 5.91 Å². The summed E-state index contributed by atoms with van der Waals surface area (Å²) in [6.45, 7) is 3.46. The molecule has 6 heteroatoms. The van der Waals surface area contributed by atoms with Crippen molar-refractivity contribution in [3.63, 3.8) is 0 Å². The minimum Gasteiger partial charge on any atom is -0.383 e. The van der Waals surface area contributed by atoms with Crippen molar-refractivity contribution in [3.8, 4) is 0 Å². The van der Waals surface area contributed by atoms with E-state index in [2.05, 4.69) is 5.32 Å². The van der Waals surface area contributed by atoms with Crippen LogP contribution in [0, 0.1) is 18.7 Å². The predicted octanol–water partition coefficient (Wildman–Crippen LogP) is 2.75. The fraction of sp³-hybridized carbons (Fsp3) is 0.364. The average molecular weight is 384 g/mol. The third-order valence-corrected chi connectivity index (χ3v) is 5.24. The van der Waals surface area contributed by atoms with E-state index < -0.39 is 11.7 Å². The van der Waals surface area contributed by atoms with Gasteiger partial charge in [0, 0.05) is 32.7 Å². The third-order valence-electron chi connectivity index (χ3n) is 5.24. The number of aryl methyl sites for hydroxylation is 1. The van der Waals surface area contributed by atoms with Gasteiger partial charge in [0.05, 0.1) is 18.1 Å². The monoisotopic (exact) mass is 384 g/mol. The highest BCUT2D eigenvalue weighted by atomic mass is 19.1. The summed E-state index contributed by atoms with van der Waals surface area (Å²) in [6.07, 6.45) is 0. The number of nitrogens with zero attached hydrogens (tertiary/aromatic N) is 1. The Morgan fingerprint density at radius 2 is 1.86 bits per heavy atom. The van der Waals surface area contributed by atoms with Crippen LogP contribution < -0.4 is 5.32 Å². The van der Waals surface area contributed by atoms with Crippen molar-refractivity contribution in [1.82, 2.24) is 10.2 Å². The van der Waals surface area contributed by atoms with E-state index in [1.54, 1.807) is 24.1 Å². The van der Waals surface area contributed by atoms with Gasteiger partial charge in [-0.3, -0.25) is 9.59 Å². The maximum absolute atomic E-state index is 14.1. The zero-order valence-corrected chi connectivity index (χ0v) is 16.2. The summed E-state index contributed by atoms with van der Waals surface area (Å²) in [5, 5.41) is 2.88. The van der Waals surface area contributed by atoms with Gasteiger partial charge >= 0.3 is 0 Å². The van der Waals surface area contributed by atoms with Gasteiger partial charge < -0.3 is 15.0 Å². The molecule has 1 aliphatic rings. The molecule has 2 unspecified atom stereocenters. The van der Waals surface area contributed by atoms with E-state index in [1.807, 2.05) is 31.2 Å². The fourth-order valence-electron chi connectivity index (χ4n) is 3.77. The van der Waals surface area contributed by atoms with Gasteiger partial charge in [-0.1, -0.05) is 36.4 Å². The van der Waals surface area contributed by atoms with Crippen molar-refractivity contribution in [2.75, 3.05) is 33.4 Å². The first-order chi connectivity index (χ1) is 13.5. The second-order valence-electron chi connectivity index (χ2n) is 7.04. The molecule has 3 rings (SSSR count). The number of methoxy groups -OCH3 is 1. The molecule has 0 spiro atoms. The van der Waals surface area contributed by atoms with Crippen LogP contribution in [0.4, 0.5) is 4.39 Å². The van der Waals surface area contributed by atoms with Gasteiger partial charge in [-0.2, -0.15) is 0 Å². The van der Waals surface area contributed by atoms with Crippen LogP contribution in [0.25, 0.3) is 0 Å². The number of rotatable bonds is 6. The van der Waals surface area contributed by atoms with Crippen LogP contribution in [0.2, 0.25) is 0 Å². The molecule has 28 heavy (non-hydrogen) atoms. The van der Waals surface area contributed by atoms with Gasteiger partial charge in [0.1, 0.15) is 5.82 Å². The lowest BCUT2D eigenvalue weighted by Gasteiger charge is -2.19. The number of amides is 2. The minimum absolute atomic E-state index is 0.0338.